The lowest BCUT2D eigenvalue weighted by Gasteiger charge is -2.46. The first-order valence-corrected chi connectivity index (χ1v) is 45.8. The van der Waals surface area contributed by atoms with Crippen molar-refractivity contribution in [1.82, 2.24) is 5.32 Å². The van der Waals surface area contributed by atoms with Gasteiger partial charge in [0, 0.05) is 6.42 Å². The molecule has 0 radical (unpaired) electrons. The monoisotopic (exact) mass is 1520 g/mol. The zero-order chi connectivity index (χ0) is 77.9. The van der Waals surface area contributed by atoms with Gasteiger partial charge in [-0.15, -0.1) is 0 Å². The molecule has 2 aliphatic heterocycles. The minimum absolute atomic E-state index is 0.242. The Morgan fingerprint density at radius 1 is 0.343 bits per heavy atom. The number of hydrogen-bond acceptors (Lipinski definition) is 13. The van der Waals surface area contributed by atoms with Crippen LogP contribution < -0.4 is 5.32 Å². The maximum Gasteiger partial charge on any atom is 0.220 e. The Balaban J connectivity index is 1.56. The molecule has 630 valence electrons. The third-order valence-corrected chi connectivity index (χ3v) is 22.1. The van der Waals surface area contributed by atoms with E-state index in [0.29, 0.717) is 12.8 Å². The fourth-order valence-electron chi connectivity index (χ4n) is 14.9. The third kappa shape index (κ3) is 58.1. The van der Waals surface area contributed by atoms with Crippen molar-refractivity contribution in [2.45, 2.75) is 485 Å². The highest BCUT2D eigenvalue weighted by Crippen LogP contribution is 2.31. The highest BCUT2D eigenvalue weighted by Gasteiger charge is 2.51. The van der Waals surface area contributed by atoms with Crippen molar-refractivity contribution in [1.29, 1.82) is 0 Å². The molecule has 0 aliphatic carbocycles. The molecule has 12 unspecified atom stereocenters. The van der Waals surface area contributed by atoms with Gasteiger partial charge in [-0.25, -0.2) is 0 Å². The van der Waals surface area contributed by atoms with E-state index in [1.54, 1.807) is 6.08 Å². The normalized spacial score (nSPS) is 21.5. The molecule has 0 aromatic carbocycles. The van der Waals surface area contributed by atoms with Crippen LogP contribution in [-0.2, 0) is 23.7 Å². The lowest BCUT2D eigenvalue weighted by molar-refractivity contribution is -0.359. The molecule has 0 saturated carbocycles. The molecule has 9 N–H and O–H groups in total. The van der Waals surface area contributed by atoms with Crippen LogP contribution in [-0.4, -0.2) is 140 Å². The number of hydrogen-bond donors (Lipinski definition) is 9. The van der Waals surface area contributed by atoms with E-state index in [9.17, 15) is 45.6 Å². The van der Waals surface area contributed by atoms with Crippen LogP contribution in [0.15, 0.2) is 85.1 Å². The van der Waals surface area contributed by atoms with E-state index in [1.165, 1.54) is 315 Å². The van der Waals surface area contributed by atoms with Gasteiger partial charge in [-0.3, -0.25) is 4.79 Å². The fraction of sp³-hybridized carbons (Fsp3) is 0.840. The van der Waals surface area contributed by atoms with Gasteiger partial charge in [-0.2, -0.15) is 0 Å². The maximum atomic E-state index is 13.4. The van der Waals surface area contributed by atoms with Crippen LogP contribution in [0.5, 0.6) is 0 Å². The first kappa shape index (κ1) is 101. The molecule has 2 rings (SSSR count). The summed E-state index contributed by atoms with van der Waals surface area (Å²) < 4.78 is 23.0. The molecule has 108 heavy (non-hydrogen) atoms. The van der Waals surface area contributed by atoms with Crippen molar-refractivity contribution < 1.29 is 64.6 Å². The van der Waals surface area contributed by atoms with Gasteiger partial charge in [0.1, 0.15) is 48.8 Å². The summed E-state index contributed by atoms with van der Waals surface area (Å²) in [6.07, 6.45) is 92.9. The van der Waals surface area contributed by atoms with Crippen molar-refractivity contribution in [3.05, 3.63) is 85.1 Å². The largest absolute Gasteiger partial charge is 0.394 e. The standard InChI is InChI=1S/C94H171NO13/c1-3-5-7-9-11-13-15-17-19-21-23-25-27-29-31-33-35-37-38-39-40-41-42-43-44-46-48-50-52-54-56-58-60-62-64-66-68-70-72-74-76-78-86(99)95-82(81-105-93-91(104)89(102)92(85(80-97)107-93)108-94-90(103)88(101)87(100)84(79-96)106-94)83(98)77-75-73-71-69-67-65-63-61-59-57-55-53-51-49-47-45-36-34-32-30-28-26-24-22-20-18-16-14-12-10-8-6-4-2/h5,7,11,13,17,19,23,25,29,31,67,69,75,77,82-85,87-94,96-98,100-104H,3-4,6,8-10,12,14-16,18,20-22,24,26-28,30,32-66,68,70-74,76,78-81H2,1-2H3,(H,95,99)/b7-5-,13-11-,19-17-,25-23-,31-29-,69-67+,77-75+. The number of carbonyl (C=O) groups is 1. The molecule has 0 aromatic heterocycles. The Morgan fingerprint density at radius 2 is 0.648 bits per heavy atom. The minimum Gasteiger partial charge on any atom is -0.394 e. The van der Waals surface area contributed by atoms with Gasteiger partial charge in [0.15, 0.2) is 12.6 Å². The van der Waals surface area contributed by atoms with E-state index in [4.69, 9.17) is 18.9 Å². The number of nitrogens with one attached hydrogen (secondary N) is 1. The van der Waals surface area contributed by atoms with E-state index in [1.807, 2.05) is 6.08 Å². The number of carbonyl (C=O) groups excluding carboxylic acids is 1. The number of rotatable bonds is 78. The maximum absolute atomic E-state index is 13.4. The summed E-state index contributed by atoms with van der Waals surface area (Å²) in [4.78, 5) is 13.4. The zero-order valence-electron chi connectivity index (χ0n) is 69.6. The molecule has 14 heteroatoms. The lowest BCUT2D eigenvalue weighted by Crippen LogP contribution is -2.65. The Bertz CT molecular complexity index is 2150. The molecule has 0 bridgehead atoms. The summed E-state index contributed by atoms with van der Waals surface area (Å²) in [5.41, 5.74) is 0. The van der Waals surface area contributed by atoms with E-state index >= 15 is 0 Å². The molecule has 0 spiro atoms. The van der Waals surface area contributed by atoms with Gasteiger partial charge in [0.25, 0.3) is 0 Å². The second-order valence-corrected chi connectivity index (χ2v) is 32.0. The Morgan fingerprint density at radius 3 is 1.02 bits per heavy atom. The molecule has 2 fully saturated rings. The van der Waals surface area contributed by atoms with Crippen LogP contribution in [0.3, 0.4) is 0 Å². The number of allylic oxidation sites excluding steroid dienone is 13. The summed E-state index contributed by atoms with van der Waals surface area (Å²) in [6, 6.07) is -0.935. The van der Waals surface area contributed by atoms with Gasteiger partial charge >= 0.3 is 0 Å². The number of aliphatic hydroxyl groups excluding tert-OH is 8. The summed E-state index contributed by atoms with van der Waals surface area (Å²) in [7, 11) is 0. The second kappa shape index (κ2) is 76.8. The van der Waals surface area contributed by atoms with Crippen molar-refractivity contribution in [2.75, 3.05) is 19.8 Å². The number of aliphatic hydroxyl groups is 8. The Kier molecular flexibility index (Phi) is 72.0. The SMILES string of the molecule is CC/C=C\C/C=C\C/C=C\C/C=C\C/C=C\CCCCCCCCCCCCCCCCCCCCCCCCCCCC(=O)NC(COC1OC(CO)C(OC2OC(CO)C(O)C(O)C2O)C(O)C1O)C(O)/C=C/CC/C=C/CCCCCCCCCCCCCCCCCCCCCCCCCCCCC. The van der Waals surface area contributed by atoms with E-state index in [-0.39, 0.29) is 18.9 Å². The quantitative estimate of drug-likeness (QED) is 0.0204. The molecule has 2 saturated heterocycles. The van der Waals surface area contributed by atoms with Crippen LogP contribution >= 0.6 is 0 Å². The van der Waals surface area contributed by atoms with Crippen molar-refractivity contribution in [3.8, 4) is 0 Å². The fourth-order valence-corrected chi connectivity index (χ4v) is 14.9. The third-order valence-electron chi connectivity index (χ3n) is 22.1. The van der Waals surface area contributed by atoms with Gasteiger partial charge in [-0.1, -0.05) is 414 Å². The summed E-state index contributed by atoms with van der Waals surface area (Å²) in [5, 5.41) is 87.9. The molecular formula is C94H171NO13. The molecule has 2 heterocycles. The second-order valence-electron chi connectivity index (χ2n) is 32.0. The van der Waals surface area contributed by atoms with E-state index in [2.05, 4.69) is 92.1 Å². The Labute approximate surface area is 662 Å². The van der Waals surface area contributed by atoms with Crippen LogP contribution in [0, 0.1) is 0 Å². The summed E-state index contributed by atoms with van der Waals surface area (Å²) in [5.74, 6) is -0.242. The lowest BCUT2D eigenvalue weighted by atomic mass is 9.97. The van der Waals surface area contributed by atoms with Crippen LogP contribution in [0.2, 0.25) is 0 Å². The highest BCUT2D eigenvalue weighted by molar-refractivity contribution is 5.76. The summed E-state index contributed by atoms with van der Waals surface area (Å²) in [6.45, 7) is 2.73. The van der Waals surface area contributed by atoms with E-state index in [0.717, 1.165) is 64.2 Å². The van der Waals surface area contributed by atoms with E-state index < -0.39 is 86.8 Å². The van der Waals surface area contributed by atoms with Crippen LogP contribution in [0.1, 0.15) is 412 Å². The number of ether oxygens (including phenoxy) is 4. The average molecular weight is 1520 g/mol. The number of unbranched alkanes of at least 4 members (excludes halogenated alkanes) is 53. The average Bonchev–Trinajstić information content (AvgIpc) is 0.789. The molecular weight excluding hydrogens is 1350 g/mol. The first-order valence-electron chi connectivity index (χ1n) is 45.8. The number of amides is 1. The predicted octanol–water partition coefficient (Wildman–Crippen LogP) is 22.6. The highest BCUT2D eigenvalue weighted by atomic mass is 16.7. The molecule has 0 aromatic rings. The Hall–Kier alpha value is -2.83. The van der Waals surface area contributed by atoms with Gasteiger partial charge < -0.3 is 65.1 Å². The van der Waals surface area contributed by atoms with Gasteiger partial charge in [0.05, 0.1) is 32.0 Å². The van der Waals surface area contributed by atoms with Gasteiger partial charge in [-0.05, 0) is 77.0 Å². The first-order chi connectivity index (χ1) is 53.1. The van der Waals surface area contributed by atoms with Crippen LogP contribution in [0.25, 0.3) is 0 Å². The van der Waals surface area contributed by atoms with Crippen molar-refractivity contribution in [3.63, 3.8) is 0 Å². The summed E-state index contributed by atoms with van der Waals surface area (Å²) >= 11 is 0. The smallest absolute Gasteiger partial charge is 0.220 e. The molecule has 2 aliphatic rings. The van der Waals surface area contributed by atoms with Crippen molar-refractivity contribution >= 4 is 5.91 Å². The predicted molar refractivity (Wildman–Crippen MR) is 452 cm³/mol. The van der Waals surface area contributed by atoms with Crippen LogP contribution in [0.4, 0.5) is 0 Å². The molecule has 14 nitrogen and oxygen atoms in total. The van der Waals surface area contributed by atoms with Crippen molar-refractivity contribution in [2.24, 2.45) is 0 Å². The molecule has 1 amide bonds. The minimum atomic E-state index is -1.79. The topological polar surface area (TPSA) is 228 Å². The zero-order valence-corrected chi connectivity index (χ0v) is 69.6. The molecule has 12 atom stereocenters. The van der Waals surface area contributed by atoms with Gasteiger partial charge in [0.2, 0.25) is 5.91 Å².